The van der Waals surface area contributed by atoms with Crippen molar-refractivity contribution in [1.82, 2.24) is 102 Å². The van der Waals surface area contributed by atoms with Gasteiger partial charge in [0.25, 0.3) is 0 Å². The fraction of sp³-hybridized carbons (Fsp3) is 0.360. The molecule has 19 rings (SSSR count). The molecule has 564 valence electrons. The molecule has 30 nitrogen and oxygen atoms in total. The highest BCUT2D eigenvalue weighted by molar-refractivity contribution is 14.1. The minimum absolute atomic E-state index is 0.182. The topological polar surface area (TPSA) is 319 Å². The number of ether oxygens (including phenoxy) is 4. The molecule has 0 amide bonds. The number of hydrogen-bond acceptors (Lipinski definition) is 23. The van der Waals surface area contributed by atoms with Crippen LogP contribution in [0.1, 0.15) is 99.1 Å². The molecule has 14 aromatic rings. The molecular formula is C75H84BCl2IN24O6. The number of nitrogens with two attached hydrogens (primary N) is 1. The van der Waals surface area contributed by atoms with E-state index in [9.17, 15) is 0 Å². The highest BCUT2D eigenvalue weighted by Gasteiger charge is 2.52. The maximum absolute atomic E-state index is 5.96. The van der Waals surface area contributed by atoms with Crippen LogP contribution in [0.3, 0.4) is 0 Å². The van der Waals surface area contributed by atoms with Gasteiger partial charge in [-0.1, -0.05) is 18.2 Å². The number of pyridine rings is 3. The van der Waals surface area contributed by atoms with E-state index >= 15 is 0 Å². The summed E-state index contributed by atoms with van der Waals surface area (Å²) < 4.78 is 47.9. The largest absolute Gasteiger partial charge is 0.490 e. The van der Waals surface area contributed by atoms with Gasteiger partial charge in [0, 0.05) is 77.3 Å². The van der Waals surface area contributed by atoms with E-state index in [1.54, 1.807) is 44.8 Å². The van der Waals surface area contributed by atoms with Crippen LogP contribution in [-0.4, -0.2) is 173 Å². The lowest BCUT2D eigenvalue weighted by Gasteiger charge is -2.32. The molecule has 5 aliphatic rings. The Balaban J connectivity index is 0.000000113. The fourth-order valence-electron chi connectivity index (χ4n) is 13.1. The number of hydrogen-bond donors (Lipinski definition) is 3. The average Bonchev–Trinajstić information content (AvgIpc) is 1.26. The second kappa shape index (κ2) is 32.7. The summed E-state index contributed by atoms with van der Waals surface area (Å²) in [6.45, 7) is 20.2. The van der Waals surface area contributed by atoms with Crippen molar-refractivity contribution in [3.05, 3.63) is 177 Å². The van der Waals surface area contributed by atoms with E-state index in [4.69, 9.17) is 67.2 Å². The molecule has 19 heterocycles. The van der Waals surface area contributed by atoms with E-state index in [-0.39, 0.29) is 23.6 Å². The number of nitrogens with zero attached hydrogens (tertiary/aromatic N) is 21. The Bertz CT molecular complexity index is 5700. The second-order valence-electron chi connectivity index (χ2n) is 28.0. The van der Waals surface area contributed by atoms with Crippen molar-refractivity contribution in [2.75, 3.05) is 69.2 Å². The third-order valence-corrected chi connectivity index (χ3v) is 21.2. The Morgan fingerprint density at radius 2 is 0.917 bits per heavy atom. The van der Waals surface area contributed by atoms with E-state index in [1.165, 1.54) is 28.5 Å². The number of anilines is 5. The minimum atomic E-state index is -0.239. The predicted octanol–water partition coefficient (Wildman–Crippen LogP) is 13.1. The van der Waals surface area contributed by atoms with E-state index < -0.39 is 0 Å². The third kappa shape index (κ3) is 17.0. The summed E-state index contributed by atoms with van der Waals surface area (Å²) in [5.41, 5.74) is 28.5. The van der Waals surface area contributed by atoms with Crippen LogP contribution in [0.4, 0.5) is 29.0 Å². The normalized spacial score (nSPS) is 16.3. The Hall–Kier alpha value is -9.91. The zero-order valence-corrected chi connectivity index (χ0v) is 66.1. The molecule has 109 heavy (non-hydrogen) atoms. The van der Waals surface area contributed by atoms with Gasteiger partial charge in [0.2, 0.25) is 22.5 Å². The molecule has 0 spiro atoms. The third-order valence-electron chi connectivity index (χ3n) is 20.1. The molecule has 0 radical (unpaired) electrons. The van der Waals surface area contributed by atoms with Crippen LogP contribution in [0, 0.1) is 24.3 Å². The lowest BCUT2D eigenvalue weighted by atomic mass is 9.75. The van der Waals surface area contributed by atoms with Crippen LogP contribution in [0.5, 0.6) is 0 Å². The summed E-state index contributed by atoms with van der Waals surface area (Å²) in [6, 6.07) is 5.88. The Morgan fingerprint density at radius 3 is 1.42 bits per heavy atom. The second-order valence-corrected chi connectivity index (χ2v) is 29.8. The number of nitrogens with one attached hydrogen (secondary N) is 2. The summed E-state index contributed by atoms with van der Waals surface area (Å²) >= 11 is 13.8. The minimum Gasteiger partial charge on any atom is -0.400 e. The molecule has 34 heteroatoms. The summed E-state index contributed by atoms with van der Waals surface area (Å²) in [5.74, 6) is 1.63. The summed E-state index contributed by atoms with van der Waals surface area (Å²) in [7, 11) is 7.83. The van der Waals surface area contributed by atoms with Crippen LogP contribution < -0.4 is 16.4 Å². The first kappa shape index (κ1) is 75.9. The molecule has 4 N–H and O–H groups in total. The average molecular weight is 1630 g/mol. The van der Waals surface area contributed by atoms with E-state index in [0.29, 0.717) is 42.9 Å². The smallest absolute Gasteiger partial charge is 0.400 e. The van der Waals surface area contributed by atoms with E-state index in [2.05, 4.69) is 167 Å². The van der Waals surface area contributed by atoms with Crippen LogP contribution in [0.25, 0.3) is 72.2 Å². The fourth-order valence-corrected chi connectivity index (χ4v) is 14.2. The molecule has 14 aromatic heterocycles. The Morgan fingerprint density at radius 1 is 0.486 bits per heavy atom. The zero-order valence-electron chi connectivity index (χ0n) is 62.4. The molecular weight excluding hydrogens is 1540 g/mol. The van der Waals surface area contributed by atoms with Gasteiger partial charge in [-0.25, -0.2) is 68.4 Å². The molecule has 0 bridgehead atoms. The predicted molar refractivity (Wildman–Crippen MR) is 430 cm³/mol. The van der Waals surface area contributed by atoms with Crippen molar-refractivity contribution in [1.29, 1.82) is 0 Å². The molecule has 0 saturated carbocycles. The van der Waals surface area contributed by atoms with Crippen molar-refractivity contribution in [3.63, 3.8) is 0 Å². The van der Waals surface area contributed by atoms with Gasteiger partial charge in [-0.15, -0.1) is 0 Å². The van der Waals surface area contributed by atoms with Gasteiger partial charge in [-0.05, 0) is 189 Å². The van der Waals surface area contributed by atoms with E-state index in [0.717, 1.165) is 175 Å². The number of aromatic nitrogens is 21. The SMILES string of the molecule is CC1(C)OB(C2=CCOCC2)OC1(C)C.Cc1cc2ncnn2cc1N.Cc1cc2ncnn2cc1Nc1ncc2c(n1)c(C1=CCOCC1)cn2C.Cc1cc2ncnn2cc1Nc1ncc2c(n1)c(C1CCOCC1)cn2C.Cn1cc(C2=CCOCC2)c2nc(Cl)ncc21.Cn1cc(I)c2nc(Cl)ncc21. The van der Waals surface area contributed by atoms with Crippen LogP contribution in [0.15, 0.2) is 129 Å². The number of rotatable bonds is 8. The van der Waals surface area contributed by atoms with E-state index in [1.807, 2.05) is 107 Å². The lowest BCUT2D eigenvalue weighted by molar-refractivity contribution is 0.00578. The van der Waals surface area contributed by atoms with Crippen LogP contribution >= 0.6 is 45.8 Å². The zero-order chi connectivity index (χ0) is 76.3. The highest BCUT2D eigenvalue weighted by Crippen LogP contribution is 2.40. The monoisotopic (exact) mass is 1620 g/mol. The first-order valence-corrected chi connectivity index (χ1v) is 37.5. The quantitative estimate of drug-likeness (QED) is 0.0723. The number of nitrogen functional groups attached to an aromatic ring is 1. The standard InChI is InChI=1S/C19H21N7O.C19H19N7O.C12H12ClN3O.C11H19BO3.C7H5ClIN3.C7H8N4/c2*1-12-7-17-21-11-22-26(17)10-15(12)23-19-20-8-16-18(24-19)14(9-25(16)2)13-3-5-27-6-4-13;1-16-7-9(8-2-4-17-5-3-8)11-10(16)6-14-12(13)15-11;1-10(2)11(3,4)15-12(14-10)9-5-7-13-8-6-9;1-12-3-4(9)6-5(12)2-10-7(8)11-6;1-5-2-7-9-4-10-11(7)3-6(5)8/h7-11,13H,3-6H2,1-2H3,(H,20,23,24);3,7-11H,4-6H2,1-2H3,(H,20,23,24);2,6-7H,3-5H2,1H3;5H,6-8H2,1-4H3;2-3H,1H3;2-4H,8H2,1H3. The van der Waals surface area contributed by atoms with Gasteiger partial charge in [0.15, 0.2) is 16.9 Å². The molecule has 0 atom stereocenters. The van der Waals surface area contributed by atoms with Gasteiger partial charge in [-0.3, -0.25) is 0 Å². The molecule has 0 aliphatic carbocycles. The lowest BCUT2D eigenvalue weighted by Crippen LogP contribution is -2.41. The summed E-state index contributed by atoms with van der Waals surface area (Å²) in [5, 5.41) is 19.6. The summed E-state index contributed by atoms with van der Waals surface area (Å²) in [6.07, 6.45) is 36.9. The van der Waals surface area contributed by atoms with Gasteiger partial charge < -0.3 is 62.9 Å². The van der Waals surface area contributed by atoms with Crippen molar-refractivity contribution in [3.8, 4) is 0 Å². The summed E-state index contributed by atoms with van der Waals surface area (Å²) in [4.78, 5) is 47.5. The molecule has 0 aromatic carbocycles. The molecule has 2 saturated heterocycles. The Labute approximate surface area is 651 Å². The first-order valence-electron chi connectivity index (χ1n) is 35.7. The van der Waals surface area contributed by atoms with Gasteiger partial charge in [-0.2, -0.15) is 15.3 Å². The number of fused-ring (bicyclic) bond motifs is 7. The molecule has 2 fully saturated rings. The van der Waals surface area contributed by atoms with Gasteiger partial charge in [0.05, 0.1) is 142 Å². The molecule has 5 aliphatic heterocycles. The van der Waals surface area contributed by atoms with Crippen LogP contribution in [-0.2, 0) is 56.4 Å². The maximum atomic E-state index is 5.96. The van der Waals surface area contributed by atoms with Crippen LogP contribution in [0.2, 0.25) is 10.6 Å². The van der Waals surface area contributed by atoms with Crippen molar-refractivity contribution in [2.45, 2.75) is 97.7 Å². The van der Waals surface area contributed by atoms with Gasteiger partial charge >= 0.3 is 7.12 Å². The first-order chi connectivity index (χ1) is 52.5. The molecule has 0 unspecified atom stereocenters. The Kier molecular flexibility index (Phi) is 22.8. The number of aryl methyl sites for hydroxylation is 7. The van der Waals surface area contributed by atoms with Gasteiger partial charge in [0.1, 0.15) is 35.5 Å². The van der Waals surface area contributed by atoms with Crippen molar-refractivity contribution in [2.24, 2.45) is 28.2 Å². The van der Waals surface area contributed by atoms with Crippen molar-refractivity contribution < 1.29 is 28.3 Å². The highest BCUT2D eigenvalue weighted by atomic mass is 127. The maximum Gasteiger partial charge on any atom is 0.490 e. The van der Waals surface area contributed by atoms with Crippen molar-refractivity contribution >= 4 is 154 Å². The number of halogens is 3.